The molecule has 0 aliphatic carbocycles. The van der Waals surface area contributed by atoms with Crippen molar-refractivity contribution in [2.24, 2.45) is 11.1 Å². The zero-order valence-corrected chi connectivity index (χ0v) is 14.7. The summed E-state index contributed by atoms with van der Waals surface area (Å²) in [6, 6.07) is 9.34. The van der Waals surface area contributed by atoms with Crippen molar-refractivity contribution in [2.75, 3.05) is 26.2 Å². The van der Waals surface area contributed by atoms with Crippen molar-refractivity contribution in [1.29, 1.82) is 0 Å². The van der Waals surface area contributed by atoms with Crippen LogP contribution in [0.1, 0.15) is 26.3 Å². The summed E-state index contributed by atoms with van der Waals surface area (Å²) in [4.78, 5) is 28.2. The highest BCUT2D eigenvalue weighted by atomic mass is 16.6. The SMILES string of the molecule is CC(C)(C)C(=O)N1CCN(C(=O)OCc2ccccc2)C(CN)C1. The quantitative estimate of drug-likeness (QED) is 0.916. The molecule has 1 aliphatic heterocycles. The minimum absolute atomic E-state index is 0.0817. The first-order valence-electron chi connectivity index (χ1n) is 8.29. The van der Waals surface area contributed by atoms with Crippen LogP contribution in [0.3, 0.4) is 0 Å². The molecule has 0 aromatic heterocycles. The predicted octanol–water partition coefficient (Wildman–Crippen LogP) is 1.84. The van der Waals surface area contributed by atoms with Gasteiger partial charge in [0.25, 0.3) is 0 Å². The zero-order valence-electron chi connectivity index (χ0n) is 14.7. The van der Waals surface area contributed by atoms with Gasteiger partial charge in [0, 0.05) is 31.6 Å². The third-order valence-corrected chi connectivity index (χ3v) is 4.12. The third kappa shape index (κ3) is 4.47. The molecule has 1 unspecified atom stereocenters. The van der Waals surface area contributed by atoms with Gasteiger partial charge in [-0.2, -0.15) is 0 Å². The van der Waals surface area contributed by atoms with Crippen LogP contribution in [0.2, 0.25) is 0 Å². The van der Waals surface area contributed by atoms with E-state index in [0.29, 0.717) is 26.2 Å². The lowest BCUT2D eigenvalue weighted by molar-refractivity contribution is -0.142. The lowest BCUT2D eigenvalue weighted by Gasteiger charge is -2.42. The number of hydrogen-bond donors (Lipinski definition) is 1. The monoisotopic (exact) mass is 333 g/mol. The second-order valence-corrected chi connectivity index (χ2v) is 7.12. The molecule has 1 fully saturated rings. The predicted molar refractivity (Wildman–Crippen MR) is 92.2 cm³/mol. The Morgan fingerprint density at radius 1 is 1.21 bits per heavy atom. The molecule has 6 nitrogen and oxygen atoms in total. The number of piperazine rings is 1. The Morgan fingerprint density at radius 2 is 1.88 bits per heavy atom. The summed E-state index contributed by atoms with van der Waals surface area (Å²) in [5, 5.41) is 0. The van der Waals surface area contributed by atoms with Crippen LogP contribution in [0.4, 0.5) is 4.79 Å². The average Bonchev–Trinajstić information content (AvgIpc) is 2.58. The first-order chi connectivity index (χ1) is 11.3. The van der Waals surface area contributed by atoms with Crippen molar-refractivity contribution in [1.82, 2.24) is 9.80 Å². The van der Waals surface area contributed by atoms with Gasteiger partial charge in [-0.25, -0.2) is 4.79 Å². The van der Waals surface area contributed by atoms with E-state index in [0.717, 1.165) is 5.56 Å². The Hall–Kier alpha value is -2.08. The van der Waals surface area contributed by atoms with E-state index < -0.39 is 5.41 Å². The van der Waals surface area contributed by atoms with Gasteiger partial charge in [-0.15, -0.1) is 0 Å². The largest absolute Gasteiger partial charge is 0.445 e. The highest BCUT2D eigenvalue weighted by Crippen LogP contribution is 2.21. The molecule has 24 heavy (non-hydrogen) atoms. The lowest BCUT2D eigenvalue weighted by Crippen LogP contribution is -2.60. The van der Waals surface area contributed by atoms with Gasteiger partial charge in [-0.1, -0.05) is 51.1 Å². The van der Waals surface area contributed by atoms with Crippen molar-refractivity contribution in [2.45, 2.75) is 33.4 Å². The molecule has 132 valence electrons. The topological polar surface area (TPSA) is 75.9 Å². The summed E-state index contributed by atoms with van der Waals surface area (Å²) < 4.78 is 5.39. The number of ether oxygens (including phenoxy) is 1. The van der Waals surface area contributed by atoms with E-state index in [2.05, 4.69) is 0 Å². The average molecular weight is 333 g/mol. The molecule has 2 rings (SSSR count). The molecule has 0 spiro atoms. The first-order valence-corrected chi connectivity index (χ1v) is 8.29. The molecule has 0 bridgehead atoms. The summed E-state index contributed by atoms with van der Waals surface area (Å²) in [6.07, 6.45) is -0.378. The van der Waals surface area contributed by atoms with Crippen LogP contribution < -0.4 is 5.73 Å². The molecule has 0 saturated carbocycles. The lowest BCUT2D eigenvalue weighted by atomic mass is 9.94. The fourth-order valence-electron chi connectivity index (χ4n) is 2.76. The van der Waals surface area contributed by atoms with Gasteiger partial charge < -0.3 is 20.3 Å². The summed E-state index contributed by atoms with van der Waals surface area (Å²) in [5.74, 6) is 0.0817. The molecule has 2 amide bonds. The van der Waals surface area contributed by atoms with Crippen molar-refractivity contribution in [3.05, 3.63) is 35.9 Å². The Labute approximate surface area is 143 Å². The molecule has 1 aromatic rings. The molecular weight excluding hydrogens is 306 g/mol. The number of benzene rings is 1. The first kappa shape index (κ1) is 18.3. The maximum Gasteiger partial charge on any atom is 0.410 e. The van der Waals surface area contributed by atoms with Gasteiger partial charge in [0.1, 0.15) is 6.61 Å². The van der Waals surface area contributed by atoms with E-state index in [4.69, 9.17) is 10.5 Å². The van der Waals surface area contributed by atoms with Crippen molar-refractivity contribution < 1.29 is 14.3 Å². The van der Waals surface area contributed by atoms with E-state index in [1.807, 2.05) is 51.1 Å². The van der Waals surface area contributed by atoms with Gasteiger partial charge >= 0.3 is 6.09 Å². The van der Waals surface area contributed by atoms with Crippen LogP contribution in [0.5, 0.6) is 0 Å². The maximum absolute atomic E-state index is 12.4. The number of rotatable bonds is 3. The van der Waals surface area contributed by atoms with Crippen LogP contribution in [-0.2, 0) is 16.1 Å². The summed E-state index contributed by atoms with van der Waals surface area (Å²) >= 11 is 0. The second-order valence-electron chi connectivity index (χ2n) is 7.12. The van der Waals surface area contributed by atoms with Crippen molar-refractivity contribution in [3.63, 3.8) is 0 Å². The normalized spacial score (nSPS) is 18.4. The highest BCUT2D eigenvalue weighted by Gasteiger charge is 2.36. The molecule has 6 heteroatoms. The fraction of sp³-hybridized carbons (Fsp3) is 0.556. The third-order valence-electron chi connectivity index (χ3n) is 4.12. The van der Waals surface area contributed by atoms with Crippen LogP contribution in [0, 0.1) is 5.41 Å². The Balaban J connectivity index is 1.94. The molecule has 1 atom stereocenters. The molecule has 2 N–H and O–H groups in total. The van der Waals surface area contributed by atoms with E-state index in [9.17, 15) is 9.59 Å². The van der Waals surface area contributed by atoms with Crippen LogP contribution >= 0.6 is 0 Å². The van der Waals surface area contributed by atoms with Gasteiger partial charge in [0.15, 0.2) is 0 Å². The fourth-order valence-corrected chi connectivity index (χ4v) is 2.76. The zero-order chi connectivity index (χ0) is 17.7. The summed E-state index contributed by atoms with van der Waals surface area (Å²) in [7, 11) is 0. The maximum atomic E-state index is 12.4. The summed E-state index contributed by atoms with van der Waals surface area (Å²) in [5.41, 5.74) is 6.33. The van der Waals surface area contributed by atoms with Gasteiger partial charge in [0.05, 0.1) is 6.04 Å². The molecule has 0 radical (unpaired) electrons. The second kappa shape index (κ2) is 7.66. The number of hydrogen-bond acceptors (Lipinski definition) is 4. The Morgan fingerprint density at radius 3 is 2.46 bits per heavy atom. The highest BCUT2D eigenvalue weighted by molar-refractivity contribution is 5.82. The molecule has 1 heterocycles. The van der Waals surface area contributed by atoms with Gasteiger partial charge in [-0.3, -0.25) is 4.79 Å². The Kier molecular flexibility index (Phi) is 5.83. The van der Waals surface area contributed by atoms with E-state index >= 15 is 0 Å². The smallest absolute Gasteiger partial charge is 0.410 e. The molecular formula is C18H27N3O3. The number of nitrogens with zero attached hydrogens (tertiary/aromatic N) is 2. The number of nitrogens with two attached hydrogens (primary N) is 1. The van der Waals surface area contributed by atoms with Crippen LogP contribution in [-0.4, -0.2) is 54.0 Å². The number of carbonyl (C=O) groups is 2. The van der Waals surface area contributed by atoms with E-state index in [1.54, 1.807) is 9.80 Å². The van der Waals surface area contributed by atoms with Crippen LogP contribution in [0.25, 0.3) is 0 Å². The van der Waals surface area contributed by atoms with E-state index in [1.165, 1.54) is 0 Å². The molecule has 1 aliphatic rings. The minimum atomic E-state index is -0.435. The van der Waals surface area contributed by atoms with Crippen molar-refractivity contribution >= 4 is 12.0 Å². The standard InChI is InChI=1S/C18H27N3O3/c1-18(2,3)16(22)20-9-10-21(15(11-19)12-20)17(23)24-13-14-7-5-4-6-8-14/h4-8,15H,9-13,19H2,1-3H3. The summed E-state index contributed by atoms with van der Waals surface area (Å²) in [6.45, 7) is 7.62. The van der Waals surface area contributed by atoms with E-state index in [-0.39, 0.29) is 24.6 Å². The van der Waals surface area contributed by atoms with Gasteiger partial charge in [0.2, 0.25) is 5.91 Å². The van der Waals surface area contributed by atoms with Gasteiger partial charge in [-0.05, 0) is 5.56 Å². The number of carbonyl (C=O) groups excluding carboxylic acids is 2. The van der Waals surface area contributed by atoms with Crippen LogP contribution in [0.15, 0.2) is 30.3 Å². The Bertz CT molecular complexity index is 569. The molecule has 1 aromatic carbocycles. The number of amides is 2. The molecule has 1 saturated heterocycles. The van der Waals surface area contributed by atoms with Crippen molar-refractivity contribution in [3.8, 4) is 0 Å². The minimum Gasteiger partial charge on any atom is -0.445 e.